The van der Waals surface area contributed by atoms with E-state index < -0.39 is 5.91 Å². The summed E-state index contributed by atoms with van der Waals surface area (Å²) in [7, 11) is 1.54. The molecule has 0 fully saturated rings. The Bertz CT molecular complexity index is 1160. The maximum atomic E-state index is 12.3. The summed E-state index contributed by atoms with van der Waals surface area (Å²) in [6, 6.07) is 13.9. The van der Waals surface area contributed by atoms with Crippen molar-refractivity contribution < 1.29 is 19.4 Å². The number of hydrazone groups is 1. The zero-order valence-corrected chi connectivity index (χ0v) is 22.0. The number of nitrogens with one attached hydrogen (secondary N) is 1. The van der Waals surface area contributed by atoms with Gasteiger partial charge in [-0.05, 0) is 78.1 Å². The van der Waals surface area contributed by atoms with Gasteiger partial charge in [0.25, 0.3) is 5.91 Å². The molecule has 0 aliphatic rings. The minimum absolute atomic E-state index is 0.0120. The van der Waals surface area contributed by atoms with E-state index in [1.54, 1.807) is 18.2 Å². The van der Waals surface area contributed by atoms with Crippen LogP contribution in [0.3, 0.4) is 0 Å². The number of rotatable bonds is 7. The SMILES string of the molecule is COc1cc(/C=N\NC(=O)c2cc(Br)c(O)c(Br)c2)c(Br)cc1OCc1ccccc1Cl. The highest BCUT2D eigenvalue weighted by atomic mass is 79.9. The van der Waals surface area contributed by atoms with Crippen molar-refractivity contribution in [2.45, 2.75) is 6.61 Å². The van der Waals surface area contributed by atoms with E-state index >= 15 is 0 Å². The number of phenolic OH excluding ortho intramolecular Hbond substituents is 1. The number of amides is 1. The molecule has 0 atom stereocenters. The fraction of sp³-hybridized carbons (Fsp3) is 0.0909. The van der Waals surface area contributed by atoms with Gasteiger partial charge in [0.05, 0.1) is 22.3 Å². The molecule has 0 aliphatic heterocycles. The van der Waals surface area contributed by atoms with Crippen LogP contribution >= 0.6 is 59.4 Å². The van der Waals surface area contributed by atoms with E-state index in [1.807, 2.05) is 18.2 Å². The first-order valence-electron chi connectivity index (χ1n) is 9.05. The molecule has 0 saturated carbocycles. The van der Waals surface area contributed by atoms with Gasteiger partial charge in [0.2, 0.25) is 0 Å². The van der Waals surface area contributed by atoms with E-state index in [4.69, 9.17) is 21.1 Å². The maximum absolute atomic E-state index is 12.3. The number of ether oxygens (including phenoxy) is 2. The van der Waals surface area contributed by atoms with Gasteiger partial charge in [0, 0.05) is 26.2 Å². The van der Waals surface area contributed by atoms with Crippen LogP contribution in [0.15, 0.2) is 67.1 Å². The number of methoxy groups -OCH3 is 1. The molecule has 0 spiro atoms. The first-order valence-corrected chi connectivity index (χ1v) is 11.8. The molecule has 0 unspecified atom stereocenters. The van der Waals surface area contributed by atoms with Crippen molar-refractivity contribution >= 4 is 71.5 Å². The van der Waals surface area contributed by atoms with E-state index in [2.05, 4.69) is 58.3 Å². The number of phenols is 1. The van der Waals surface area contributed by atoms with E-state index in [-0.39, 0.29) is 12.4 Å². The minimum atomic E-state index is -0.439. The average Bonchev–Trinajstić information content (AvgIpc) is 2.77. The van der Waals surface area contributed by atoms with Crippen LogP contribution in [0.25, 0.3) is 0 Å². The van der Waals surface area contributed by atoms with E-state index in [0.29, 0.717) is 41.1 Å². The van der Waals surface area contributed by atoms with Crippen molar-refractivity contribution in [2.24, 2.45) is 5.10 Å². The average molecular weight is 648 g/mol. The molecular formula is C22H16Br3ClN2O4. The van der Waals surface area contributed by atoms with Gasteiger partial charge in [-0.25, -0.2) is 5.43 Å². The summed E-state index contributed by atoms with van der Waals surface area (Å²) < 4.78 is 12.8. The highest BCUT2D eigenvalue weighted by molar-refractivity contribution is 9.11. The van der Waals surface area contributed by atoms with E-state index in [9.17, 15) is 9.90 Å². The summed E-state index contributed by atoms with van der Waals surface area (Å²) in [5.74, 6) is 0.599. The highest BCUT2D eigenvalue weighted by Gasteiger charge is 2.13. The lowest BCUT2D eigenvalue weighted by Crippen LogP contribution is -2.17. The number of hydrogen-bond donors (Lipinski definition) is 2. The van der Waals surface area contributed by atoms with Crippen molar-refractivity contribution in [1.29, 1.82) is 0 Å². The third-order valence-electron chi connectivity index (χ3n) is 4.27. The van der Waals surface area contributed by atoms with E-state index in [0.717, 1.165) is 5.56 Å². The fourth-order valence-electron chi connectivity index (χ4n) is 2.61. The molecule has 166 valence electrons. The van der Waals surface area contributed by atoms with Gasteiger partial charge in [0.15, 0.2) is 11.5 Å². The molecule has 3 aromatic rings. The number of halogens is 4. The van der Waals surface area contributed by atoms with Gasteiger partial charge in [0.1, 0.15) is 12.4 Å². The fourth-order valence-corrected chi connectivity index (χ4v) is 4.42. The normalized spacial score (nSPS) is 10.9. The number of carbonyl (C=O) groups is 1. The predicted molar refractivity (Wildman–Crippen MR) is 135 cm³/mol. The molecule has 0 aromatic heterocycles. The zero-order chi connectivity index (χ0) is 23.3. The lowest BCUT2D eigenvalue weighted by molar-refractivity contribution is 0.0955. The Labute approximate surface area is 215 Å². The second-order valence-electron chi connectivity index (χ2n) is 6.39. The van der Waals surface area contributed by atoms with Crippen molar-refractivity contribution in [3.63, 3.8) is 0 Å². The number of benzene rings is 3. The van der Waals surface area contributed by atoms with Gasteiger partial charge in [-0.2, -0.15) is 5.10 Å². The first kappa shape index (κ1) is 24.6. The number of nitrogens with zero attached hydrogens (tertiary/aromatic N) is 1. The van der Waals surface area contributed by atoms with Crippen molar-refractivity contribution in [3.05, 3.63) is 83.7 Å². The van der Waals surface area contributed by atoms with Crippen LogP contribution in [0.2, 0.25) is 5.02 Å². The molecule has 1 amide bonds. The molecule has 0 bridgehead atoms. The maximum Gasteiger partial charge on any atom is 0.271 e. The lowest BCUT2D eigenvalue weighted by atomic mass is 10.2. The number of hydrogen-bond acceptors (Lipinski definition) is 5. The number of carbonyl (C=O) groups excluding carboxylic acids is 1. The predicted octanol–water partition coefficient (Wildman–Crippen LogP) is 6.68. The van der Waals surface area contributed by atoms with Gasteiger partial charge < -0.3 is 14.6 Å². The Morgan fingerprint density at radius 2 is 1.78 bits per heavy atom. The summed E-state index contributed by atoms with van der Waals surface area (Å²) in [4.78, 5) is 12.3. The topological polar surface area (TPSA) is 80.2 Å². The molecule has 10 heteroatoms. The highest BCUT2D eigenvalue weighted by Crippen LogP contribution is 2.34. The first-order chi connectivity index (χ1) is 15.3. The Morgan fingerprint density at radius 1 is 1.09 bits per heavy atom. The Morgan fingerprint density at radius 3 is 2.44 bits per heavy atom. The molecule has 6 nitrogen and oxygen atoms in total. The largest absolute Gasteiger partial charge is 0.506 e. The minimum Gasteiger partial charge on any atom is -0.506 e. The molecule has 3 aromatic carbocycles. The monoisotopic (exact) mass is 644 g/mol. The summed E-state index contributed by atoms with van der Waals surface area (Å²) in [6.07, 6.45) is 1.48. The van der Waals surface area contributed by atoms with Crippen LogP contribution in [-0.4, -0.2) is 24.3 Å². The van der Waals surface area contributed by atoms with Crippen molar-refractivity contribution in [1.82, 2.24) is 5.43 Å². The van der Waals surface area contributed by atoms with Crippen LogP contribution in [0.4, 0.5) is 0 Å². The summed E-state index contributed by atoms with van der Waals surface area (Å²) in [6.45, 7) is 0.281. The zero-order valence-electron chi connectivity index (χ0n) is 16.5. The second kappa shape index (κ2) is 11.2. The molecule has 3 rings (SSSR count). The van der Waals surface area contributed by atoms with E-state index in [1.165, 1.54) is 25.5 Å². The summed E-state index contributed by atoms with van der Waals surface area (Å²) in [5.41, 5.74) is 4.29. The molecule has 0 saturated heterocycles. The number of aromatic hydroxyl groups is 1. The van der Waals surface area contributed by atoms with Crippen LogP contribution in [0.5, 0.6) is 17.2 Å². The third kappa shape index (κ3) is 6.04. The molecule has 2 N–H and O–H groups in total. The van der Waals surface area contributed by atoms with Gasteiger partial charge in [-0.15, -0.1) is 0 Å². The molecule has 0 radical (unpaired) electrons. The summed E-state index contributed by atoms with van der Waals surface area (Å²) >= 11 is 16.1. The Kier molecular flexibility index (Phi) is 8.58. The lowest BCUT2D eigenvalue weighted by Gasteiger charge is -2.13. The quantitative estimate of drug-likeness (QED) is 0.222. The van der Waals surface area contributed by atoms with Crippen molar-refractivity contribution in [3.8, 4) is 17.2 Å². The van der Waals surface area contributed by atoms with Gasteiger partial charge in [-0.3, -0.25) is 4.79 Å². The van der Waals surface area contributed by atoms with Gasteiger partial charge >= 0.3 is 0 Å². The second-order valence-corrected chi connectivity index (χ2v) is 9.36. The van der Waals surface area contributed by atoms with Crippen LogP contribution in [0, 0.1) is 0 Å². The van der Waals surface area contributed by atoms with Crippen molar-refractivity contribution in [2.75, 3.05) is 7.11 Å². The van der Waals surface area contributed by atoms with Gasteiger partial charge in [-0.1, -0.05) is 29.8 Å². The summed E-state index contributed by atoms with van der Waals surface area (Å²) in [5, 5.41) is 14.4. The Balaban J connectivity index is 1.72. The van der Waals surface area contributed by atoms with Crippen LogP contribution in [0.1, 0.15) is 21.5 Å². The Hall–Kier alpha value is -2.07. The smallest absolute Gasteiger partial charge is 0.271 e. The van der Waals surface area contributed by atoms with Crippen LogP contribution < -0.4 is 14.9 Å². The molecule has 32 heavy (non-hydrogen) atoms. The standard InChI is InChI=1S/C22H16Br3ClN2O4/c1-31-19-8-14(10-27-28-22(30)13-6-16(24)21(29)17(25)7-13)15(23)9-20(19)32-11-12-4-2-3-5-18(12)26/h2-10,29H,11H2,1H3,(H,28,30)/b27-10-. The van der Waals surface area contributed by atoms with Crippen LogP contribution in [-0.2, 0) is 6.61 Å². The molecular weight excluding hydrogens is 631 g/mol. The molecule has 0 heterocycles. The molecule has 0 aliphatic carbocycles. The third-order valence-corrected chi connectivity index (χ3v) is 6.54.